The first-order valence-electron chi connectivity index (χ1n) is 6.78. The highest BCUT2D eigenvalue weighted by Crippen LogP contribution is 2.11. The second kappa shape index (κ2) is 8.95. The molecule has 0 atom stereocenters. The summed E-state index contributed by atoms with van der Waals surface area (Å²) in [5, 5.41) is 0. The lowest BCUT2D eigenvalue weighted by atomic mass is 10.1. The Hall–Kier alpha value is -1.06. The Morgan fingerprint density at radius 1 is 1.06 bits per heavy atom. The summed E-state index contributed by atoms with van der Waals surface area (Å²) in [4.78, 5) is 2.39. The van der Waals surface area contributed by atoms with Crippen molar-refractivity contribution in [3.63, 3.8) is 0 Å². The van der Waals surface area contributed by atoms with Crippen LogP contribution in [-0.2, 0) is 6.42 Å². The molecule has 0 heterocycles. The van der Waals surface area contributed by atoms with Crippen molar-refractivity contribution in [2.75, 3.05) is 33.8 Å². The van der Waals surface area contributed by atoms with E-state index >= 15 is 0 Å². The highest BCUT2D eigenvalue weighted by Gasteiger charge is 2.00. The van der Waals surface area contributed by atoms with Gasteiger partial charge >= 0.3 is 0 Å². The third-order valence-electron chi connectivity index (χ3n) is 3.19. The number of rotatable bonds is 9. The standard InChI is InChI=1S/C15H26N2O/c1-17(12-5-3-4-11-16)13-10-14-6-8-15(18-2)9-7-14/h6-9H,3-5,10-13,16H2,1-2H3. The number of benzene rings is 1. The Morgan fingerprint density at radius 2 is 1.78 bits per heavy atom. The summed E-state index contributed by atoms with van der Waals surface area (Å²) in [5.41, 5.74) is 6.85. The van der Waals surface area contributed by atoms with Crippen LogP contribution in [0.2, 0.25) is 0 Å². The van der Waals surface area contributed by atoms with E-state index in [1.165, 1.54) is 18.4 Å². The average Bonchev–Trinajstić information content (AvgIpc) is 2.42. The van der Waals surface area contributed by atoms with E-state index in [9.17, 15) is 0 Å². The summed E-state index contributed by atoms with van der Waals surface area (Å²) in [6.45, 7) is 3.08. The van der Waals surface area contributed by atoms with Crippen LogP contribution in [0.25, 0.3) is 0 Å². The van der Waals surface area contributed by atoms with Gasteiger partial charge in [0.25, 0.3) is 0 Å². The SMILES string of the molecule is COc1ccc(CCN(C)CCCCCN)cc1. The predicted molar refractivity (Wildman–Crippen MR) is 77.1 cm³/mol. The molecule has 0 aliphatic carbocycles. The number of nitrogens with two attached hydrogens (primary N) is 1. The summed E-state index contributed by atoms with van der Waals surface area (Å²) in [6.07, 6.45) is 4.73. The zero-order valence-electron chi connectivity index (χ0n) is 11.7. The van der Waals surface area contributed by atoms with Crippen molar-refractivity contribution in [2.45, 2.75) is 25.7 Å². The molecule has 0 bridgehead atoms. The molecule has 0 fully saturated rings. The van der Waals surface area contributed by atoms with E-state index < -0.39 is 0 Å². The third kappa shape index (κ3) is 6.03. The minimum atomic E-state index is 0.815. The van der Waals surface area contributed by atoms with Gasteiger partial charge in [-0.3, -0.25) is 0 Å². The number of nitrogens with zero attached hydrogens (tertiary/aromatic N) is 1. The molecular weight excluding hydrogens is 224 g/mol. The minimum Gasteiger partial charge on any atom is -0.497 e. The quantitative estimate of drug-likeness (QED) is 0.683. The Labute approximate surface area is 111 Å². The van der Waals surface area contributed by atoms with Gasteiger partial charge < -0.3 is 15.4 Å². The lowest BCUT2D eigenvalue weighted by Crippen LogP contribution is -2.22. The predicted octanol–water partition coefficient (Wildman–Crippen LogP) is 2.30. The highest BCUT2D eigenvalue weighted by molar-refractivity contribution is 5.27. The smallest absolute Gasteiger partial charge is 0.118 e. The molecular formula is C15H26N2O. The molecule has 0 radical (unpaired) electrons. The molecule has 102 valence electrons. The van der Waals surface area contributed by atoms with Crippen molar-refractivity contribution in [2.24, 2.45) is 5.73 Å². The van der Waals surface area contributed by atoms with Crippen LogP contribution in [-0.4, -0.2) is 38.7 Å². The van der Waals surface area contributed by atoms with E-state index in [2.05, 4.69) is 24.1 Å². The van der Waals surface area contributed by atoms with Gasteiger partial charge in [0.05, 0.1) is 7.11 Å². The number of hydrogen-bond donors (Lipinski definition) is 1. The van der Waals surface area contributed by atoms with Gasteiger partial charge in [-0.15, -0.1) is 0 Å². The number of unbranched alkanes of at least 4 members (excludes halogenated alkanes) is 2. The summed E-state index contributed by atoms with van der Waals surface area (Å²) in [7, 11) is 3.89. The molecule has 0 aliphatic rings. The molecule has 0 unspecified atom stereocenters. The fraction of sp³-hybridized carbons (Fsp3) is 0.600. The lowest BCUT2D eigenvalue weighted by molar-refractivity contribution is 0.329. The molecule has 0 saturated heterocycles. The van der Waals surface area contributed by atoms with Crippen LogP contribution in [0, 0.1) is 0 Å². The number of likely N-dealkylation sites (N-methyl/N-ethyl adjacent to an activating group) is 1. The van der Waals surface area contributed by atoms with Gasteiger partial charge in [-0.25, -0.2) is 0 Å². The molecule has 2 N–H and O–H groups in total. The van der Waals surface area contributed by atoms with Crippen molar-refractivity contribution in [3.8, 4) is 5.75 Å². The Kier molecular flexibility index (Phi) is 7.46. The molecule has 1 rings (SSSR count). The maximum atomic E-state index is 5.48. The van der Waals surface area contributed by atoms with E-state index in [1.54, 1.807) is 7.11 Å². The normalized spacial score (nSPS) is 10.9. The summed E-state index contributed by atoms with van der Waals surface area (Å²) in [5.74, 6) is 0.925. The maximum absolute atomic E-state index is 5.48. The molecule has 0 aromatic heterocycles. The van der Waals surface area contributed by atoms with Crippen molar-refractivity contribution >= 4 is 0 Å². The van der Waals surface area contributed by atoms with Gasteiger partial charge in [0.2, 0.25) is 0 Å². The Balaban J connectivity index is 2.18. The van der Waals surface area contributed by atoms with Crippen molar-refractivity contribution < 1.29 is 4.74 Å². The fourth-order valence-electron chi connectivity index (χ4n) is 1.93. The van der Waals surface area contributed by atoms with Gasteiger partial charge in [-0.05, 0) is 57.1 Å². The monoisotopic (exact) mass is 250 g/mol. The second-order valence-electron chi connectivity index (χ2n) is 4.75. The molecule has 0 amide bonds. The van der Waals surface area contributed by atoms with Crippen LogP contribution in [0.5, 0.6) is 5.75 Å². The van der Waals surface area contributed by atoms with Gasteiger partial charge in [-0.2, -0.15) is 0 Å². The van der Waals surface area contributed by atoms with Crippen LogP contribution < -0.4 is 10.5 Å². The molecule has 1 aromatic rings. The Morgan fingerprint density at radius 3 is 2.39 bits per heavy atom. The maximum Gasteiger partial charge on any atom is 0.118 e. The van der Waals surface area contributed by atoms with Gasteiger partial charge in [-0.1, -0.05) is 18.6 Å². The molecule has 3 nitrogen and oxygen atoms in total. The van der Waals surface area contributed by atoms with E-state index in [4.69, 9.17) is 10.5 Å². The van der Waals surface area contributed by atoms with Gasteiger partial charge in [0.15, 0.2) is 0 Å². The van der Waals surface area contributed by atoms with Crippen molar-refractivity contribution in [1.29, 1.82) is 0 Å². The summed E-state index contributed by atoms with van der Waals surface area (Å²) in [6, 6.07) is 8.33. The van der Waals surface area contributed by atoms with Crippen LogP contribution in [0.3, 0.4) is 0 Å². The Bertz CT molecular complexity index is 311. The minimum absolute atomic E-state index is 0.815. The van der Waals surface area contributed by atoms with Crippen LogP contribution >= 0.6 is 0 Å². The average molecular weight is 250 g/mol. The van der Waals surface area contributed by atoms with E-state index in [1.807, 2.05) is 12.1 Å². The van der Waals surface area contributed by atoms with E-state index in [0.717, 1.165) is 38.2 Å². The third-order valence-corrected chi connectivity index (χ3v) is 3.19. The first-order chi connectivity index (χ1) is 8.76. The van der Waals surface area contributed by atoms with Crippen LogP contribution in [0.1, 0.15) is 24.8 Å². The zero-order valence-corrected chi connectivity index (χ0v) is 11.7. The zero-order chi connectivity index (χ0) is 13.2. The molecule has 0 spiro atoms. The molecule has 0 saturated carbocycles. The number of hydrogen-bond acceptors (Lipinski definition) is 3. The van der Waals surface area contributed by atoms with E-state index in [-0.39, 0.29) is 0 Å². The van der Waals surface area contributed by atoms with Crippen LogP contribution in [0.4, 0.5) is 0 Å². The van der Waals surface area contributed by atoms with Crippen molar-refractivity contribution in [3.05, 3.63) is 29.8 Å². The number of ether oxygens (including phenoxy) is 1. The fourth-order valence-corrected chi connectivity index (χ4v) is 1.93. The molecule has 18 heavy (non-hydrogen) atoms. The van der Waals surface area contributed by atoms with E-state index in [0.29, 0.717) is 0 Å². The molecule has 0 aliphatic heterocycles. The summed E-state index contributed by atoms with van der Waals surface area (Å²) >= 11 is 0. The molecule has 1 aromatic carbocycles. The van der Waals surface area contributed by atoms with Gasteiger partial charge in [0, 0.05) is 6.54 Å². The topological polar surface area (TPSA) is 38.5 Å². The first-order valence-corrected chi connectivity index (χ1v) is 6.78. The van der Waals surface area contributed by atoms with Gasteiger partial charge in [0.1, 0.15) is 5.75 Å². The number of methoxy groups -OCH3 is 1. The largest absolute Gasteiger partial charge is 0.497 e. The molecule has 3 heteroatoms. The summed E-state index contributed by atoms with van der Waals surface area (Å²) < 4.78 is 5.15. The highest BCUT2D eigenvalue weighted by atomic mass is 16.5. The van der Waals surface area contributed by atoms with Crippen LogP contribution in [0.15, 0.2) is 24.3 Å². The van der Waals surface area contributed by atoms with Crippen molar-refractivity contribution in [1.82, 2.24) is 4.90 Å². The lowest BCUT2D eigenvalue weighted by Gasteiger charge is -2.16. The second-order valence-corrected chi connectivity index (χ2v) is 4.75. The first kappa shape index (κ1) is 15.0.